The Balaban J connectivity index is 1.12. The summed E-state index contributed by atoms with van der Waals surface area (Å²) in [6.45, 7) is 7.21. The molecule has 10 heteroatoms. The molecule has 1 fully saturated rings. The van der Waals surface area contributed by atoms with E-state index in [1.54, 1.807) is 12.4 Å². The summed E-state index contributed by atoms with van der Waals surface area (Å²) >= 11 is 1.41. The number of likely N-dealkylation sites (N-methyl/N-ethyl adjacent to an activating group) is 1. The van der Waals surface area contributed by atoms with Crippen molar-refractivity contribution in [1.82, 2.24) is 29.1 Å². The molecule has 2 N–H and O–H groups in total. The highest BCUT2D eigenvalue weighted by Crippen LogP contribution is 2.27. The minimum atomic E-state index is -0.151. The summed E-state index contributed by atoms with van der Waals surface area (Å²) in [5.74, 6) is 0.306. The van der Waals surface area contributed by atoms with Crippen molar-refractivity contribution < 1.29 is 4.79 Å². The van der Waals surface area contributed by atoms with Crippen LogP contribution in [0, 0.1) is 6.92 Å². The minimum Gasteiger partial charge on any atom is -0.324 e. The van der Waals surface area contributed by atoms with Crippen LogP contribution in [0.3, 0.4) is 0 Å². The van der Waals surface area contributed by atoms with Gasteiger partial charge in [-0.25, -0.2) is 14.3 Å². The second kappa shape index (κ2) is 12.6. The first-order valence-electron chi connectivity index (χ1n) is 13.9. The lowest BCUT2D eigenvalue weighted by Crippen LogP contribution is -2.43. The number of amides is 1. The molecule has 0 bridgehead atoms. The number of benzene rings is 2. The maximum absolute atomic E-state index is 13.0. The standard InChI is InChI=1S/C32H32N8OS/c1-22-3-8-28(36-31(41)24-6-4-23(5-7-24)20-40-13-11-39(2)12-14-40)16-30(22)38-32-34-10-9-29(37-32)26-15-25(17-33-18-26)27-19-35-42-21-27/h3-10,15-19,21H,11-14,20H2,1-2H3,(H,36,41)(H,34,37,38). The van der Waals surface area contributed by atoms with E-state index in [4.69, 9.17) is 4.98 Å². The molecule has 1 amide bonds. The molecule has 42 heavy (non-hydrogen) atoms. The number of hydrogen-bond donors (Lipinski definition) is 2. The number of nitrogens with zero attached hydrogens (tertiary/aromatic N) is 6. The fraction of sp³-hybridized carbons (Fsp3) is 0.219. The Labute approximate surface area is 249 Å². The third kappa shape index (κ3) is 6.68. The molecule has 1 aliphatic rings. The lowest BCUT2D eigenvalue weighted by molar-refractivity contribution is 0.102. The smallest absolute Gasteiger partial charge is 0.255 e. The lowest BCUT2D eigenvalue weighted by atomic mass is 10.1. The molecule has 0 atom stereocenters. The Morgan fingerprint density at radius 2 is 1.74 bits per heavy atom. The van der Waals surface area contributed by atoms with Crippen molar-refractivity contribution in [2.24, 2.45) is 0 Å². The van der Waals surface area contributed by atoms with Gasteiger partial charge in [0, 0.05) is 96.5 Å². The van der Waals surface area contributed by atoms with Gasteiger partial charge in [0.1, 0.15) is 0 Å². The average Bonchev–Trinajstić information content (AvgIpc) is 3.56. The van der Waals surface area contributed by atoms with E-state index in [0.717, 1.165) is 66.4 Å². The summed E-state index contributed by atoms with van der Waals surface area (Å²) in [5, 5.41) is 8.34. The molecule has 5 aromatic rings. The molecule has 0 radical (unpaired) electrons. The van der Waals surface area contributed by atoms with Crippen molar-refractivity contribution in [1.29, 1.82) is 0 Å². The Hall–Kier alpha value is -4.51. The van der Waals surface area contributed by atoms with Gasteiger partial charge in [0.25, 0.3) is 5.91 Å². The van der Waals surface area contributed by atoms with Gasteiger partial charge in [-0.3, -0.25) is 14.7 Å². The highest BCUT2D eigenvalue weighted by Gasteiger charge is 2.15. The second-order valence-electron chi connectivity index (χ2n) is 10.5. The molecule has 0 aliphatic carbocycles. The number of aryl methyl sites for hydroxylation is 1. The van der Waals surface area contributed by atoms with Crippen molar-refractivity contribution in [3.8, 4) is 22.4 Å². The molecule has 1 saturated heterocycles. The van der Waals surface area contributed by atoms with E-state index in [-0.39, 0.29) is 5.91 Å². The molecule has 0 saturated carbocycles. The molecule has 0 unspecified atom stereocenters. The zero-order chi connectivity index (χ0) is 28.9. The summed E-state index contributed by atoms with van der Waals surface area (Å²) < 4.78 is 4.19. The van der Waals surface area contributed by atoms with Gasteiger partial charge in [-0.2, -0.15) is 0 Å². The van der Waals surface area contributed by atoms with Gasteiger partial charge in [0.2, 0.25) is 5.95 Å². The number of carbonyl (C=O) groups is 1. The number of hydrogen-bond acceptors (Lipinski definition) is 9. The van der Waals surface area contributed by atoms with E-state index in [1.165, 1.54) is 17.1 Å². The van der Waals surface area contributed by atoms with Crippen LogP contribution in [0.5, 0.6) is 0 Å². The van der Waals surface area contributed by atoms with E-state index in [9.17, 15) is 4.79 Å². The number of carbonyl (C=O) groups excluding carboxylic acids is 1. The van der Waals surface area contributed by atoms with Crippen LogP contribution in [-0.2, 0) is 6.54 Å². The van der Waals surface area contributed by atoms with E-state index in [1.807, 2.05) is 79.3 Å². The van der Waals surface area contributed by atoms with Gasteiger partial charge >= 0.3 is 0 Å². The molecule has 4 heterocycles. The molecule has 3 aromatic heterocycles. The second-order valence-corrected chi connectivity index (χ2v) is 11.2. The Morgan fingerprint density at radius 3 is 2.52 bits per heavy atom. The number of nitrogens with one attached hydrogen (secondary N) is 2. The van der Waals surface area contributed by atoms with Gasteiger partial charge in [0.05, 0.1) is 5.69 Å². The zero-order valence-corrected chi connectivity index (χ0v) is 24.4. The van der Waals surface area contributed by atoms with Gasteiger partial charge < -0.3 is 15.5 Å². The summed E-state index contributed by atoms with van der Waals surface area (Å²) in [4.78, 5) is 31.4. The van der Waals surface area contributed by atoms with Crippen LogP contribution in [0.4, 0.5) is 17.3 Å². The molecule has 0 spiro atoms. The van der Waals surface area contributed by atoms with Crippen LogP contribution in [0.1, 0.15) is 21.5 Å². The van der Waals surface area contributed by atoms with Crippen LogP contribution in [-0.4, -0.2) is 68.3 Å². The fourth-order valence-electron chi connectivity index (χ4n) is 4.85. The van der Waals surface area contributed by atoms with Gasteiger partial charge in [-0.05, 0) is 73.0 Å². The van der Waals surface area contributed by atoms with Crippen molar-refractivity contribution in [3.05, 3.63) is 101 Å². The Bertz CT molecular complexity index is 1660. The van der Waals surface area contributed by atoms with Gasteiger partial charge in [-0.15, -0.1) is 0 Å². The first-order chi connectivity index (χ1) is 20.5. The monoisotopic (exact) mass is 576 g/mol. The molecule has 6 rings (SSSR count). The van der Waals surface area contributed by atoms with E-state index < -0.39 is 0 Å². The largest absolute Gasteiger partial charge is 0.324 e. The maximum atomic E-state index is 13.0. The first-order valence-corrected chi connectivity index (χ1v) is 14.7. The topological polar surface area (TPSA) is 99.2 Å². The SMILES string of the molecule is Cc1ccc(NC(=O)c2ccc(CN3CCN(C)CC3)cc2)cc1Nc1nccc(-c2cncc(-c3cnsc3)c2)n1. The quantitative estimate of drug-likeness (QED) is 0.242. The maximum Gasteiger partial charge on any atom is 0.255 e. The van der Waals surface area contributed by atoms with E-state index in [0.29, 0.717) is 17.2 Å². The van der Waals surface area contributed by atoms with Crippen molar-refractivity contribution in [2.45, 2.75) is 13.5 Å². The predicted octanol–water partition coefficient (Wildman–Crippen LogP) is 5.71. The number of piperazine rings is 1. The van der Waals surface area contributed by atoms with Crippen LogP contribution in [0.15, 0.2) is 84.8 Å². The molecular formula is C32H32N8OS. The molecule has 9 nitrogen and oxygen atoms in total. The van der Waals surface area contributed by atoms with Crippen molar-refractivity contribution in [3.63, 3.8) is 0 Å². The summed E-state index contributed by atoms with van der Waals surface area (Å²) in [5.41, 5.74) is 7.99. The lowest BCUT2D eigenvalue weighted by Gasteiger charge is -2.32. The van der Waals surface area contributed by atoms with Crippen LogP contribution in [0.2, 0.25) is 0 Å². The number of anilines is 3. The van der Waals surface area contributed by atoms with Crippen molar-refractivity contribution in [2.75, 3.05) is 43.9 Å². The molecule has 212 valence electrons. The summed E-state index contributed by atoms with van der Waals surface area (Å²) in [7, 11) is 2.16. The summed E-state index contributed by atoms with van der Waals surface area (Å²) in [6.07, 6.45) is 7.16. The highest BCUT2D eigenvalue weighted by atomic mass is 32.1. The van der Waals surface area contributed by atoms with Gasteiger partial charge in [-0.1, -0.05) is 18.2 Å². The highest BCUT2D eigenvalue weighted by molar-refractivity contribution is 7.03. The fourth-order valence-corrected chi connectivity index (χ4v) is 5.39. The zero-order valence-electron chi connectivity index (χ0n) is 23.6. The van der Waals surface area contributed by atoms with Crippen LogP contribution in [0.25, 0.3) is 22.4 Å². The van der Waals surface area contributed by atoms with Crippen molar-refractivity contribution >= 4 is 34.8 Å². The van der Waals surface area contributed by atoms with Gasteiger partial charge in [0.15, 0.2) is 0 Å². The number of rotatable bonds is 8. The molecular weight excluding hydrogens is 544 g/mol. The third-order valence-corrected chi connectivity index (χ3v) is 8.00. The third-order valence-electron chi connectivity index (χ3n) is 7.42. The normalized spacial score (nSPS) is 14.0. The summed E-state index contributed by atoms with van der Waals surface area (Å²) in [6, 6.07) is 17.5. The van der Waals surface area contributed by atoms with Crippen LogP contribution < -0.4 is 10.6 Å². The first kappa shape index (κ1) is 27.6. The minimum absolute atomic E-state index is 0.151. The predicted molar refractivity (Wildman–Crippen MR) is 168 cm³/mol. The average molecular weight is 577 g/mol. The Morgan fingerprint density at radius 1 is 0.929 bits per heavy atom. The Kier molecular flexibility index (Phi) is 8.27. The van der Waals surface area contributed by atoms with E-state index in [2.05, 4.69) is 41.8 Å². The number of pyridine rings is 1. The number of aromatic nitrogens is 4. The van der Waals surface area contributed by atoms with Crippen LogP contribution >= 0.6 is 11.5 Å². The molecule has 1 aliphatic heterocycles. The van der Waals surface area contributed by atoms with E-state index >= 15 is 0 Å². The molecule has 2 aromatic carbocycles.